The van der Waals surface area contributed by atoms with Crippen LogP contribution in [0.5, 0.6) is 0 Å². The van der Waals surface area contributed by atoms with Gasteiger partial charge in [0, 0.05) is 0 Å². The third-order valence-corrected chi connectivity index (χ3v) is 4.63. The summed E-state index contributed by atoms with van der Waals surface area (Å²) in [7, 11) is -3.96. The Morgan fingerprint density at radius 1 is 1.14 bits per heavy atom. The van der Waals surface area contributed by atoms with Gasteiger partial charge >= 0.3 is 0 Å². The molecule has 2 rings (SSSR count). The maximum atomic E-state index is 12.0. The van der Waals surface area contributed by atoms with Crippen molar-refractivity contribution in [3.63, 3.8) is 0 Å². The summed E-state index contributed by atoms with van der Waals surface area (Å²) in [5.74, 6) is 0. The van der Waals surface area contributed by atoms with Crippen molar-refractivity contribution in [3.05, 3.63) is 29.8 Å². The molecule has 1 heterocycles. The first-order chi connectivity index (χ1) is 9.85. The van der Waals surface area contributed by atoms with E-state index in [1.54, 1.807) is 12.1 Å². The molecule has 1 saturated heterocycles. The van der Waals surface area contributed by atoms with Crippen molar-refractivity contribution in [1.29, 1.82) is 0 Å². The standard InChI is InChI=1S/C13H18O7S/c1-8-2-4-9(5-3-8)21(17,18)19-7-11-13(16)12(15)10(6-14)20-11/h2-5,10-16H,6-7H2,1H3. The second-order valence-corrected chi connectivity index (χ2v) is 6.54. The first kappa shape index (κ1) is 16.3. The van der Waals surface area contributed by atoms with Gasteiger partial charge in [-0.1, -0.05) is 17.7 Å². The summed E-state index contributed by atoms with van der Waals surface area (Å²) in [5, 5.41) is 28.2. The van der Waals surface area contributed by atoms with Crippen molar-refractivity contribution >= 4 is 10.1 Å². The highest BCUT2D eigenvalue weighted by Crippen LogP contribution is 2.23. The quantitative estimate of drug-likeness (QED) is 0.608. The second-order valence-electron chi connectivity index (χ2n) is 4.93. The molecule has 118 valence electrons. The van der Waals surface area contributed by atoms with Crippen LogP contribution in [0.4, 0.5) is 0 Å². The zero-order valence-electron chi connectivity index (χ0n) is 11.4. The molecule has 1 fully saturated rings. The molecule has 4 unspecified atom stereocenters. The molecule has 1 aromatic carbocycles. The van der Waals surface area contributed by atoms with Crippen LogP contribution in [-0.2, 0) is 19.0 Å². The van der Waals surface area contributed by atoms with Gasteiger partial charge in [-0.25, -0.2) is 0 Å². The topological polar surface area (TPSA) is 113 Å². The lowest BCUT2D eigenvalue weighted by Gasteiger charge is -2.14. The molecule has 1 aromatic rings. The zero-order valence-corrected chi connectivity index (χ0v) is 12.2. The largest absolute Gasteiger partial charge is 0.394 e. The van der Waals surface area contributed by atoms with Crippen LogP contribution in [0.25, 0.3) is 0 Å². The van der Waals surface area contributed by atoms with E-state index in [4.69, 9.17) is 14.0 Å². The van der Waals surface area contributed by atoms with Gasteiger partial charge < -0.3 is 20.1 Å². The average Bonchev–Trinajstić information content (AvgIpc) is 2.73. The second kappa shape index (κ2) is 6.39. The van der Waals surface area contributed by atoms with Gasteiger partial charge in [0.2, 0.25) is 0 Å². The SMILES string of the molecule is Cc1ccc(S(=O)(=O)OCC2OC(CO)C(O)C2O)cc1. The molecule has 1 aliphatic rings. The van der Waals surface area contributed by atoms with Gasteiger partial charge in [-0.05, 0) is 19.1 Å². The molecular weight excluding hydrogens is 300 g/mol. The maximum Gasteiger partial charge on any atom is 0.297 e. The third kappa shape index (κ3) is 3.60. The molecule has 0 aromatic heterocycles. The molecule has 4 atom stereocenters. The minimum atomic E-state index is -3.96. The smallest absolute Gasteiger partial charge is 0.297 e. The van der Waals surface area contributed by atoms with Crippen LogP contribution in [0.15, 0.2) is 29.2 Å². The first-order valence-electron chi connectivity index (χ1n) is 6.43. The Labute approximate surface area is 122 Å². The Bertz CT molecular complexity index is 569. The summed E-state index contributed by atoms with van der Waals surface area (Å²) >= 11 is 0. The molecule has 7 nitrogen and oxygen atoms in total. The van der Waals surface area contributed by atoms with E-state index in [9.17, 15) is 18.6 Å². The highest BCUT2D eigenvalue weighted by Gasteiger charge is 2.42. The number of rotatable bonds is 5. The number of benzene rings is 1. The molecule has 0 aliphatic carbocycles. The summed E-state index contributed by atoms with van der Waals surface area (Å²) in [6.45, 7) is 0.917. The normalized spacial score (nSPS) is 29.7. The molecule has 8 heteroatoms. The van der Waals surface area contributed by atoms with Crippen LogP contribution in [0.1, 0.15) is 5.56 Å². The minimum absolute atomic E-state index is 0.000145. The average molecular weight is 318 g/mol. The molecule has 1 aliphatic heterocycles. The Morgan fingerprint density at radius 2 is 1.71 bits per heavy atom. The van der Waals surface area contributed by atoms with Crippen LogP contribution in [0.2, 0.25) is 0 Å². The van der Waals surface area contributed by atoms with Crippen LogP contribution < -0.4 is 0 Å². The molecule has 3 N–H and O–H groups in total. The lowest BCUT2D eigenvalue weighted by molar-refractivity contribution is -0.0347. The predicted molar refractivity (Wildman–Crippen MR) is 72.1 cm³/mol. The molecule has 0 spiro atoms. The van der Waals surface area contributed by atoms with Crippen molar-refractivity contribution in [3.8, 4) is 0 Å². The molecule has 0 saturated carbocycles. The number of hydrogen-bond donors (Lipinski definition) is 3. The number of aliphatic hydroxyl groups is 3. The lowest BCUT2D eigenvalue weighted by atomic mass is 10.1. The van der Waals surface area contributed by atoms with E-state index in [0.29, 0.717) is 0 Å². The van der Waals surface area contributed by atoms with E-state index in [1.165, 1.54) is 12.1 Å². The third-order valence-electron chi connectivity index (χ3n) is 3.34. The molecular formula is C13H18O7S. The van der Waals surface area contributed by atoms with Gasteiger partial charge in [0.1, 0.15) is 24.4 Å². The Balaban J connectivity index is 2.01. The summed E-state index contributed by atoms with van der Waals surface area (Å²) < 4.78 is 33.9. The van der Waals surface area contributed by atoms with Crippen molar-refractivity contribution in [2.45, 2.75) is 36.2 Å². The molecule has 0 radical (unpaired) electrons. The van der Waals surface area contributed by atoms with Crippen molar-refractivity contribution in [2.24, 2.45) is 0 Å². The van der Waals surface area contributed by atoms with E-state index in [1.807, 2.05) is 6.92 Å². The Hall–Kier alpha value is -1.03. The van der Waals surface area contributed by atoms with Crippen LogP contribution in [-0.4, -0.2) is 61.4 Å². The fraction of sp³-hybridized carbons (Fsp3) is 0.538. The highest BCUT2D eigenvalue weighted by molar-refractivity contribution is 7.86. The summed E-state index contributed by atoms with van der Waals surface area (Å²) in [6.07, 6.45) is -4.55. The van der Waals surface area contributed by atoms with Crippen molar-refractivity contribution in [1.82, 2.24) is 0 Å². The number of aliphatic hydroxyl groups excluding tert-OH is 3. The molecule has 0 amide bonds. The molecule has 0 bridgehead atoms. The summed E-state index contributed by atoms with van der Waals surface area (Å²) in [5.41, 5.74) is 0.914. The Kier molecular flexibility index (Phi) is 4.97. The van der Waals surface area contributed by atoms with E-state index in [0.717, 1.165) is 5.56 Å². The zero-order chi connectivity index (χ0) is 15.6. The van der Waals surface area contributed by atoms with Gasteiger partial charge in [-0.2, -0.15) is 8.42 Å². The van der Waals surface area contributed by atoms with Gasteiger partial charge in [0.05, 0.1) is 18.1 Å². The van der Waals surface area contributed by atoms with Crippen LogP contribution in [0.3, 0.4) is 0 Å². The van der Waals surface area contributed by atoms with Crippen molar-refractivity contribution in [2.75, 3.05) is 13.2 Å². The van der Waals surface area contributed by atoms with Crippen molar-refractivity contribution < 1.29 is 32.7 Å². The first-order valence-corrected chi connectivity index (χ1v) is 7.84. The van der Waals surface area contributed by atoms with Crippen LogP contribution >= 0.6 is 0 Å². The summed E-state index contributed by atoms with van der Waals surface area (Å²) in [6, 6.07) is 6.12. The maximum absolute atomic E-state index is 12.0. The fourth-order valence-corrected chi connectivity index (χ4v) is 2.96. The van der Waals surface area contributed by atoms with Gasteiger partial charge in [0.25, 0.3) is 10.1 Å². The van der Waals surface area contributed by atoms with Crippen LogP contribution in [0, 0.1) is 6.92 Å². The number of ether oxygens (including phenoxy) is 1. The summed E-state index contributed by atoms with van der Waals surface area (Å²) in [4.78, 5) is -0.000145. The van der Waals surface area contributed by atoms with Gasteiger partial charge in [0.15, 0.2) is 0 Å². The van der Waals surface area contributed by atoms with E-state index >= 15 is 0 Å². The lowest BCUT2D eigenvalue weighted by Crippen LogP contribution is -2.35. The van der Waals surface area contributed by atoms with E-state index < -0.39 is 47.7 Å². The minimum Gasteiger partial charge on any atom is -0.394 e. The predicted octanol–water partition coefficient (Wildman–Crippen LogP) is -0.818. The fourth-order valence-electron chi connectivity index (χ4n) is 2.04. The van der Waals surface area contributed by atoms with Gasteiger partial charge in [-0.3, -0.25) is 4.18 Å². The number of aryl methyl sites for hydroxylation is 1. The highest BCUT2D eigenvalue weighted by atomic mass is 32.2. The number of hydrogen-bond acceptors (Lipinski definition) is 7. The molecule has 21 heavy (non-hydrogen) atoms. The monoisotopic (exact) mass is 318 g/mol. The van der Waals surface area contributed by atoms with E-state index in [2.05, 4.69) is 0 Å². The van der Waals surface area contributed by atoms with E-state index in [-0.39, 0.29) is 4.90 Å². The Morgan fingerprint density at radius 3 is 2.24 bits per heavy atom. The van der Waals surface area contributed by atoms with Gasteiger partial charge in [-0.15, -0.1) is 0 Å².